The fourth-order valence-electron chi connectivity index (χ4n) is 3.13. The zero-order valence-electron chi connectivity index (χ0n) is 15.4. The normalized spacial score (nSPS) is 16.4. The number of benzene rings is 2. The standard InChI is InChI=1S/C20H21FN2O4/c1-12-8-14(21)4-6-16(12)22-20(25)13-9-19(24)23(11-13)17-7-5-15(26-2)10-18(17)27-3/h4-8,10,13H,9,11H2,1-3H3,(H,22,25). The Morgan fingerprint density at radius 2 is 1.96 bits per heavy atom. The molecule has 0 bridgehead atoms. The molecule has 0 radical (unpaired) electrons. The van der Waals surface area contributed by atoms with Crippen molar-refractivity contribution in [3.8, 4) is 11.5 Å². The van der Waals surface area contributed by atoms with Crippen molar-refractivity contribution in [1.82, 2.24) is 0 Å². The van der Waals surface area contributed by atoms with Gasteiger partial charge in [-0.3, -0.25) is 9.59 Å². The minimum absolute atomic E-state index is 0.0985. The number of methoxy groups -OCH3 is 2. The van der Waals surface area contributed by atoms with Crippen LogP contribution in [0.2, 0.25) is 0 Å². The molecule has 1 unspecified atom stereocenters. The number of rotatable bonds is 5. The third-order valence-corrected chi connectivity index (χ3v) is 4.62. The van der Waals surface area contributed by atoms with E-state index in [1.54, 1.807) is 37.1 Å². The lowest BCUT2D eigenvalue weighted by Gasteiger charge is -2.20. The Kier molecular flexibility index (Phi) is 5.30. The number of halogens is 1. The van der Waals surface area contributed by atoms with Gasteiger partial charge >= 0.3 is 0 Å². The van der Waals surface area contributed by atoms with Gasteiger partial charge in [0.2, 0.25) is 11.8 Å². The number of carbonyl (C=O) groups is 2. The van der Waals surface area contributed by atoms with Gasteiger partial charge in [0.1, 0.15) is 17.3 Å². The molecule has 1 N–H and O–H groups in total. The van der Waals surface area contributed by atoms with Crippen LogP contribution in [0, 0.1) is 18.7 Å². The van der Waals surface area contributed by atoms with E-state index in [4.69, 9.17) is 9.47 Å². The predicted molar refractivity (Wildman–Crippen MR) is 99.8 cm³/mol. The molecule has 1 heterocycles. The number of aryl methyl sites for hydroxylation is 1. The minimum Gasteiger partial charge on any atom is -0.497 e. The minimum atomic E-state index is -0.506. The Balaban J connectivity index is 1.76. The van der Waals surface area contributed by atoms with E-state index in [0.717, 1.165) is 0 Å². The Morgan fingerprint density at radius 1 is 1.19 bits per heavy atom. The first-order valence-electron chi connectivity index (χ1n) is 8.52. The van der Waals surface area contributed by atoms with Crippen LogP contribution < -0.4 is 19.7 Å². The highest BCUT2D eigenvalue weighted by atomic mass is 19.1. The van der Waals surface area contributed by atoms with Crippen molar-refractivity contribution in [2.75, 3.05) is 31.0 Å². The summed E-state index contributed by atoms with van der Waals surface area (Å²) in [5.41, 5.74) is 1.76. The SMILES string of the molecule is COc1ccc(N2CC(C(=O)Nc3ccc(F)cc3C)CC2=O)c(OC)c1. The molecule has 27 heavy (non-hydrogen) atoms. The lowest BCUT2D eigenvalue weighted by atomic mass is 10.1. The number of anilines is 2. The van der Waals surface area contributed by atoms with Gasteiger partial charge in [-0.05, 0) is 42.8 Å². The first-order valence-corrected chi connectivity index (χ1v) is 8.52. The summed E-state index contributed by atoms with van der Waals surface area (Å²) in [6.07, 6.45) is 0.0985. The van der Waals surface area contributed by atoms with E-state index >= 15 is 0 Å². The molecule has 142 valence electrons. The summed E-state index contributed by atoms with van der Waals surface area (Å²) in [7, 11) is 3.06. The number of carbonyl (C=O) groups excluding carboxylic acids is 2. The highest BCUT2D eigenvalue weighted by Gasteiger charge is 2.36. The monoisotopic (exact) mass is 372 g/mol. The van der Waals surface area contributed by atoms with Gasteiger partial charge in [-0.2, -0.15) is 0 Å². The summed E-state index contributed by atoms with van der Waals surface area (Å²) < 4.78 is 23.7. The molecule has 0 aromatic heterocycles. The largest absolute Gasteiger partial charge is 0.497 e. The molecule has 0 saturated carbocycles. The van der Waals surface area contributed by atoms with Crippen LogP contribution in [0.3, 0.4) is 0 Å². The second-order valence-electron chi connectivity index (χ2n) is 6.39. The van der Waals surface area contributed by atoms with Crippen LogP contribution >= 0.6 is 0 Å². The summed E-state index contributed by atoms with van der Waals surface area (Å²) in [5.74, 6) is -0.183. The van der Waals surface area contributed by atoms with E-state index in [0.29, 0.717) is 28.4 Å². The van der Waals surface area contributed by atoms with Gasteiger partial charge in [-0.1, -0.05) is 0 Å². The molecular formula is C20H21FN2O4. The van der Waals surface area contributed by atoms with Gasteiger partial charge in [0, 0.05) is 24.7 Å². The first-order chi connectivity index (χ1) is 12.9. The molecule has 3 rings (SSSR count). The van der Waals surface area contributed by atoms with Crippen molar-refractivity contribution in [1.29, 1.82) is 0 Å². The second kappa shape index (κ2) is 7.65. The van der Waals surface area contributed by atoms with Crippen LogP contribution in [0.15, 0.2) is 36.4 Å². The zero-order valence-corrected chi connectivity index (χ0v) is 15.4. The second-order valence-corrected chi connectivity index (χ2v) is 6.39. The number of hydrogen-bond donors (Lipinski definition) is 1. The maximum absolute atomic E-state index is 13.2. The average Bonchev–Trinajstić information content (AvgIpc) is 3.05. The molecule has 1 aliphatic heterocycles. The van der Waals surface area contributed by atoms with Crippen LogP contribution in [0.5, 0.6) is 11.5 Å². The van der Waals surface area contributed by atoms with Crippen molar-refractivity contribution in [2.24, 2.45) is 5.92 Å². The molecule has 0 aliphatic carbocycles. The van der Waals surface area contributed by atoms with Gasteiger partial charge in [0.15, 0.2) is 0 Å². The molecule has 2 aromatic rings. The number of ether oxygens (including phenoxy) is 2. The Hall–Kier alpha value is -3.09. The third kappa shape index (κ3) is 3.86. The highest BCUT2D eigenvalue weighted by Crippen LogP contribution is 2.36. The summed E-state index contributed by atoms with van der Waals surface area (Å²) >= 11 is 0. The van der Waals surface area contributed by atoms with E-state index in [-0.39, 0.29) is 30.6 Å². The summed E-state index contributed by atoms with van der Waals surface area (Å²) in [4.78, 5) is 26.6. The Bertz CT molecular complexity index is 884. The van der Waals surface area contributed by atoms with E-state index in [9.17, 15) is 14.0 Å². The molecule has 6 nitrogen and oxygen atoms in total. The van der Waals surface area contributed by atoms with E-state index < -0.39 is 5.92 Å². The van der Waals surface area contributed by atoms with Crippen molar-refractivity contribution < 1.29 is 23.5 Å². The fraction of sp³-hybridized carbons (Fsp3) is 0.300. The van der Waals surface area contributed by atoms with E-state index in [2.05, 4.69) is 5.32 Å². The van der Waals surface area contributed by atoms with Gasteiger partial charge in [0.05, 0.1) is 25.8 Å². The summed E-state index contributed by atoms with van der Waals surface area (Å²) in [6.45, 7) is 1.96. The van der Waals surface area contributed by atoms with Crippen LogP contribution in [-0.4, -0.2) is 32.6 Å². The molecule has 7 heteroatoms. The van der Waals surface area contributed by atoms with Crippen LogP contribution in [0.25, 0.3) is 0 Å². The first kappa shape index (κ1) is 18.7. The predicted octanol–water partition coefficient (Wildman–Crippen LogP) is 3.14. The molecule has 1 saturated heterocycles. The molecule has 2 amide bonds. The lowest BCUT2D eigenvalue weighted by molar-refractivity contribution is -0.122. The quantitative estimate of drug-likeness (QED) is 0.876. The van der Waals surface area contributed by atoms with Crippen LogP contribution in [-0.2, 0) is 9.59 Å². The topological polar surface area (TPSA) is 67.9 Å². The van der Waals surface area contributed by atoms with Gasteiger partial charge in [-0.15, -0.1) is 0 Å². The maximum Gasteiger partial charge on any atom is 0.229 e. The van der Waals surface area contributed by atoms with Crippen molar-refractivity contribution in [3.05, 3.63) is 47.8 Å². The van der Waals surface area contributed by atoms with Gasteiger partial charge < -0.3 is 19.7 Å². The maximum atomic E-state index is 13.2. The molecule has 1 atom stereocenters. The van der Waals surface area contributed by atoms with Crippen LogP contribution in [0.1, 0.15) is 12.0 Å². The summed E-state index contributed by atoms with van der Waals surface area (Å²) in [5, 5.41) is 2.78. The van der Waals surface area contributed by atoms with E-state index in [1.165, 1.54) is 25.3 Å². The van der Waals surface area contributed by atoms with Crippen LogP contribution in [0.4, 0.5) is 15.8 Å². The van der Waals surface area contributed by atoms with Gasteiger partial charge in [0.25, 0.3) is 0 Å². The average molecular weight is 372 g/mol. The smallest absolute Gasteiger partial charge is 0.229 e. The lowest BCUT2D eigenvalue weighted by Crippen LogP contribution is -2.28. The van der Waals surface area contributed by atoms with Crippen molar-refractivity contribution >= 4 is 23.2 Å². The van der Waals surface area contributed by atoms with E-state index in [1.807, 2.05) is 0 Å². The van der Waals surface area contributed by atoms with Gasteiger partial charge in [-0.25, -0.2) is 4.39 Å². The van der Waals surface area contributed by atoms with Crippen molar-refractivity contribution in [3.63, 3.8) is 0 Å². The Morgan fingerprint density at radius 3 is 2.63 bits per heavy atom. The van der Waals surface area contributed by atoms with Crippen molar-refractivity contribution in [2.45, 2.75) is 13.3 Å². The number of nitrogens with zero attached hydrogens (tertiary/aromatic N) is 1. The summed E-state index contributed by atoms with van der Waals surface area (Å²) in [6, 6.07) is 9.32. The number of amides is 2. The Labute approximate surface area is 156 Å². The number of nitrogens with one attached hydrogen (secondary N) is 1. The molecule has 2 aromatic carbocycles. The zero-order chi connectivity index (χ0) is 19.6. The molecule has 1 fully saturated rings. The highest BCUT2D eigenvalue weighted by molar-refractivity contribution is 6.04. The number of hydrogen-bond acceptors (Lipinski definition) is 4. The fourth-order valence-corrected chi connectivity index (χ4v) is 3.13. The molecular weight excluding hydrogens is 351 g/mol. The molecule has 1 aliphatic rings. The third-order valence-electron chi connectivity index (χ3n) is 4.62. The molecule has 0 spiro atoms.